The number of benzene rings is 2. The van der Waals surface area contributed by atoms with Crippen molar-refractivity contribution in [2.75, 3.05) is 57.7 Å². The first kappa shape index (κ1) is 23.0. The molecule has 0 atom stereocenters. The van der Waals surface area contributed by atoms with E-state index in [4.69, 9.17) is 37.4 Å². The molecule has 0 aliphatic carbocycles. The lowest BCUT2D eigenvalue weighted by Gasteiger charge is -2.36. The van der Waals surface area contributed by atoms with Gasteiger partial charge in [0.15, 0.2) is 5.82 Å². The number of nitrogens with zero attached hydrogens (tertiary/aromatic N) is 4. The molecule has 0 unspecified atom stereocenters. The molecule has 3 aromatic rings. The molecular formula is C22H23Cl2N5O4. The van der Waals surface area contributed by atoms with Gasteiger partial charge in [-0.3, -0.25) is 5.32 Å². The van der Waals surface area contributed by atoms with Gasteiger partial charge in [-0.1, -0.05) is 23.2 Å². The summed E-state index contributed by atoms with van der Waals surface area (Å²) in [5, 5.41) is 3.52. The number of piperazine rings is 1. The second-order valence-electron chi connectivity index (χ2n) is 7.31. The van der Waals surface area contributed by atoms with E-state index in [1.54, 1.807) is 31.3 Å². The fourth-order valence-electron chi connectivity index (χ4n) is 3.58. The van der Waals surface area contributed by atoms with E-state index in [9.17, 15) is 4.79 Å². The van der Waals surface area contributed by atoms with Crippen LogP contribution in [-0.4, -0.2) is 68.4 Å². The number of urea groups is 1. The number of hydrogen-bond donors (Lipinski definition) is 1. The fourth-order valence-corrected chi connectivity index (χ4v) is 3.90. The molecule has 1 aromatic heterocycles. The average Bonchev–Trinajstić information content (AvgIpc) is 2.84. The van der Waals surface area contributed by atoms with E-state index in [2.05, 4.69) is 20.2 Å². The zero-order chi connectivity index (χ0) is 23.5. The van der Waals surface area contributed by atoms with Crippen molar-refractivity contribution in [3.8, 4) is 17.4 Å². The number of methoxy groups -OCH3 is 3. The molecule has 0 radical (unpaired) electrons. The van der Waals surface area contributed by atoms with E-state index in [0.717, 1.165) is 5.69 Å². The van der Waals surface area contributed by atoms with Crippen molar-refractivity contribution < 1.29 is 19.0 Å². The highest BCUT2D eigenvalue weighted by Gasteiger charge is 2.24. The van der Waals surface area contributed by atoms with Crippen molar-refractivity contribution in [1.82, 2.24) is 14.9 Å². The molecule has 2 heterocycles. The topological polar surface area (TPSA) is 89.1 Å². The Kier molecular flexibility index (Phi) is 6.80. The second-order valence-corrected chi connectivity index (χ2v) is 8.13. The maximum absolute atomic E-state index is 12.9. The number of rotatable bonds is 5. The lowest BCUT2D eigenvalue weighted by molar-refractivity contribution is 0.208. The molecule has 1 aliphatic rings. The van der Waals surface area contributed by atoms with Gasteiger partial charge in [0.1, 0.15) is 11.5 Å². The monoisotopic (exact) mass is 491 g/mol. The minimum absolute atomic E-state index is 0.191. The predicted molar refractivity (Wildman–Crippen MR) is 128 cm³/mol. The summed E-state index contributed by atoms with van der Waals surface area (Å²) in [6.07, 6.45) is 0. The average molecular weight is 492 g/mol. The number of anilines is 2. The van der Waals surface area contributed by atoms with Gasteiger partial charge in [-0.05, 0) is 12.1 Å². The highest BCUT2D eigenvalue weighted by Crippen LogP contribution is 2.31. The molecule has 4 rings (SSSR count). The number of amides is 2. The first-order valence-electron chi connectivity index (χ1n) is 10.2. The molecule has 2 amide bonds. The second kappa shape index (κ2) is 9.76. The van der Waals surface area contributed by atoms with Crippen molar-refractivity contribution in [2.45, 2.75) is 0 Å². The standard InChI is InChI=1S/C22H23Cl2N5O4/c1-31-14-8-13(9-15(10-14)32-2)28-4-6-29(7-5-28)22(30)27-20-21(33-3)26-19-12-17(24)16(23)11-18(19)25-20/h8-12H,4-7H2,1-3H3,(H,25,27,30). The molecule has 33 heavy (non-hydrogen) atoms. The van der Waals surface area contributed by atoms with Crippen LogP contribution in [-0.2, 0) is 0 Å². The van der Waals surface area contributed by atoms with Crippen LogP contribution in [0.25, 0.3) is 11.0 Å². The molecular weight excluding hydrogens is 469 g/mol. The third kappa shape index (κ3) is 4.94. The third-order valence-corrected chi connectivity index (χ3v) is 6.08. The van der Waals surface area contributed by atoms with Crippen molar-refractivity contribution in [1.29, 1.82) is 0 Å². The Labute approximate surface area is 201 Å². The van der Waals surface area contributed by atoms with Crippen LogP contribution in [0, 0.1) is 0 Å². The molecule has 0 spiro atoms. The lowest BCUT2D eigenvalue weighted by Crippen LogP contribution is -2.50. The number of nitrogens with one attached hydrogen (secondary N) is 1. The van der Waals surface area contributed by atoms with E-state index in [1.165, 1.54) is 7.11 Å². The summed E-state index contributed by atoms with van der Waals surface area (Å²) in [5.41, 5.74) is 1.99. The Morgan fingerprint density at radius 1 is 0.848 bits per heavy atom. The number of fused-ring (bicyclic) bond motifs is 1. The van der Waals surface area contributed by atoms with Crippen LogP contribution >= 0.6 is 23.2 Å². The molecule has 0 saturated carbocycles. The van der Waals surface area contributed by atoms with Gasteiger partial charge >= 0.3 is 6.03 Å². The summed E-state index contributed by atoms with van der Waals surface area (Å²) in [7, 11) is 4.70. The number of carbonyl (C=O) groups is 1. The van der Waals surface area contributed by atoms with Crippen LogP contribution in [0.15, 0.2) is 30.3 Å². The predicted octanol–water partition coefficient (Wildman–Crippen LogP) is 4.32. The van der Waals surface area contributed by atoms with Gasteiger partial charge in [0.2, 0.25) is 0 Å². The number of carbonyl (C=O) groups excluding carboxylic acids is 1. The molecule has 2 aromatic carbocycles. The lowest BCUT2D eigenvalue weighted by atomic mass is 10.2. The number of halogens is 2. The van der Waals surface area contributed by atoms with E-state index in [1.807, 2.05) is 18.2 Å². The Morgan fingerprint density at radius 3 is 1.97 bits per heavy atom. The highest BCUT2D eigenvalue weighted by atomic mass is 35.5. The van der Waals surface area contributed by atoms with Gasteiger partial charge in [0, 0.05) is 50.1 Å². The third-order valence-electron chi connectivity index (χ3n) is 5.36. The fraction of sp³-hybridized carbons (Fsp3) is 0.318. The molecule has 9 nitrogen and oxygen atoms in total. The van der Waals surface area contributed by atoms with Crippen LogP contribution in [0.5, 0.6) is 17.4 Å². The Morgan fingerprint density at radius 2 is 1.42 bits per heavy atom. The molecule has 0 bridgehead atoms. The van der Waals surface area contributed by atoms with Crippen molar-refractivity contribution in [3.05, 3.63) is 40.4 Å². The van der Waals surface area contributed by atoms with Crippen LogP contribution in [0.1, 0.15) is 0 Å². The Bertz CT molecular complexity index is 1160. The van der Waals surface area contributed by atoms with Gasteiger partial charge in [-0.15, -0.1) is 0 Å². The van der Waals surface area contributed by atoms with Crippen LogP contribution < -0.4 is 24.4 Å². The minimum Gasteiger partial charge on any atom is -0.497 e. The maximum Gasteiger partial charge on any atom is 0.323 e. The first-order chi connectivity index (χ1) is 15.9. The normalized spacial score (nSPS) is 13.7. The number of aromatic nitrogens is 2. The van der Waals surface area contributed by atoms with E-state index in [-0.39, 0.29) is 17.7 Å². The zero-order valence-corrected chi connectivity index (χ0v) is 19.9. The van der Waals surface area contributed by atoms with Gasteiger partial charge in [0.05, 0.1) is 42.4 Å². The molecule has 1 fully saturated rings. The quantitative estimate of drug-likeness (QED) is 0.568. The SMILES string of the molecule is COc1cc(OC)cc(N2CCN(C(=O)Nc3nc4cc(Cl)c(Cl)cc4nc3OC)CC2)c1. The summed E-state index contributed by atoms with van der Waals surface area (Å²) in [6.45, 7) is 2.35. The highest BCUT2D eigenvalue weighted by molar-refractivity contribution is 6.42. The van der Waals surface area contributed by atoms with Crippen molar-refractivity contribution >= 4 is 51.8 Å². The van der Waals surface area contributed by atoms with Gasteiger partial charge in [-0.25, -0.2) is 14.8 Å². The minimum atomic E-state index is -0.287. The Balaban J connectivity index is 1.46. The van der Waals surface area contributed by atoms with Crippen molar-refractivity contribution in [2.24, 2.45) is 0 Å². The zero-order valence-electron chi connectivity index (χ0n) is 18.4. The summed E-state index contributed by atoms with van der Waals surface area (Å²) in [4.78, 5) is 25.7. The van der Waals surface area contributed by atoms with Crippen LogP contribution in [0.4, 0.5) is 16.3 Å². The summed E-state index contributed by atoms with van der Waals surface area (Å²) in [5.74, 6) is 1.84. The van der Waals surface area contributed by atoms with Crippen molar-refractivity contribution in [3.63, 3.8) is 0 Å². The first-order valence-corrected chi connectivity index (χ1v) is 10.9. The molecule has 1 saturated heterocycles. The largest absolute Gasteiger partial charge is 0.497 e. The van der Waals surface area contributed by atoms with Crippen LogP contribution in [0.3, 0.4) is 0 Å². The van der Waals surface area contributed by atoms with Crippen LogP contribution in [0.2, 0.25) is 10.0 Å². The molecule has 11 heteroatoms. The van der Waals surface area contributed by atoms with Gasteiger partial charge in [-0.2, -0.15) is 0 Å². The van der Waals surface area contributed by atoms with E-state index < -0.39 is 0 Å². The molecule has 174 valence electrons. The van der Waals surface area contributed by atoms with Gasteiger partial charge < -0.3 is 24.0 Å². The number of ether oxygens (including phenoxy) is 3. The maximum atomic E-state index is 12.9. The number of hydrogen-bond acceptors (Lipinski definition) is 7. The summed E-state index contributed by atoms with van der Waals surface area (Å²) >= 11 is 12.2. The summed E-state index contributed by atoms with van der Waals surface area (Å²) in [6, 6.07) is 8.64. The summed E-state index contributed by atoms with van der Waals surface area (Å²) < 4.78 is 16.0. The smallest absolute Gasteiger partial charge is 0.323 e. The van der Waals surface area contributed by atoms with Gasteiger partial charge in [0.25, 0.3) is 5.88 Å². The van der Waals surface area contributed by atoms with E-state index in [0.29, 0.717) is 58.8 Å². The molecule has 1 N–H and O–H groups in total. The molecule has 1 aliphatic heterocycles. The Hall–Kier alpha value is -3.17. The van der Waals surface area contributed by atoms with E-state index >= 15 is 0 Å².